The van der Waals surface area contributed by atoms with E-state index in [1.54, 1.807) is 30.3 Å². The van der Waals surface area contributed by atoms with Crippen LogP contribution in [0.4, 0.5) is 5.69 Å². The molecule has 0 aliphatic heterocycles. The maximum Gasteiger partial charge on any atom is 0.175 e. The minimum atomic E-state index is -3.62. The van der Waals surface area contributed by atoms with Crippen LogP contribution in [-0.2, 0) is 20.4 Å². The van der Waals surface area contributed by atoms with Gasteiger partial charge in [-0.3, -0.25) is 0 Å². The van der Waals surface area contributed by atoms with Crippen molar-refractivity contribution in [3.8, 4) is 23.0 Å². The van der Waals surface area contributed by atoms with Crippen molar-refractivity contribution in [1.82, 2.24) is 0 Å². The molecule has 0 saturated carbocycles. The van der Waals surface area contributed by atoms with Gasteiger partial charge < -0.3 is 29.1 Å². The molecule has 30 heavy (non-hydrogen) atoms. The van der Waals surface area contributed by atoms with Gasteiger partial charge in [-0.25, -0.2) is 8.42 Å². The van der Waals surface area contributed by atoms with Crippen molar-refractivity contribution in [1.29, 1.82) is 0 Å². The van der Waals surface area contributed by atoms with Gasteiger partial charge in [0, 0.05) is 17.5 Å². The maximum atomic E-state index is 12.7. The summed E-state index contributed by atoms with van der Waals surface area (Å²) in [6.45, 7) is 0.0868. The molecule has 0 heterocycles. The largest absolute Gasteiger partial charge is 0.496 e. The Bertz CT molecular complexity index is 991. The molecule has 0 spiro atoms. The third-order valence-corrected chi connectivity index (χ3v) is 5.49. The average Bonchev–Trinajstić information content (AvgIpc) is 2.75. The molecular formula is C21H25NO7S. The van der Waals surface area contributed by atoms with Crippen LogP contribution >= 0.6 is 0 Å². The summed E-state index contributed by atoms with van der Waals surface area (Å²) >= 11 is 0. The lowest BCUT2D eigenvalue weighted by molar-refractivity contribution is -0.106. The van der Waals surface area contributed by atoms with Crippen LogP contribution in [0, 0.1) is 0 Å². The molecule has 0 aliphatic rings. The second-order valence-electron chi connectivity index (χ2n) is 6.14. The Kier molecular flexibility index (Phi) is 8.11. The number of ether oxygens (including phenoxy) is 4. The summed E-state index contributed by atoms with van der Waals surface area (Å²) in [6.07, 6.45) is 2.14. The van der Waals surface area contributed by atoms with E-state index in [9.17, 15) is 13.2 Å². The molecule has 2 aromatic carbocycles. The Labute approximate surface area is 176 Å². The summed E-state index contributed by atoms with van der Waals surface area (Å²) in [5.74, 6) is 1.65. The van der Waals surface area contributed by atoms with Gasteiger partial charge in [-0.2, -0.15) is 0 Å². The van der Waals surface area contributed by atoms with Crippen LogP contribution in [0.2, 0.25) is 0 Å². The van der Waals surface area contributed by atoms with Crippen molar-refractivity contribution in [3.05, 3.63) is 46.9 Å². The van der Waals surface area contributed by atoms with Crippen molar-refractivity contribution in [2.24, 2.45) is 0 Å². The van der Waals surface area contributed by atoms with Gasteiger partial charge in [-0.15, -0.1) is 0 Å². The zero-order valence-electron chi connectivity index (χ0n) is 17.3. The monoisotopic (exact) mass is 435 g/mol. The molecule has 8 nitrogen and oxygen atoms in total. The van der Waals surface area contributed by atoms with Crippen molar-refractivity contribution < 1.29 is 32.2 Å². The van der Waals surface area contributed by atoms with Crippen LogP contribution in [-0.4, -0.2) is 49.7 Å². The van der Waals surface area contributed by atoms with E-state index in [1.807, 2.05) is 0 Å². The normalized spacial score (nSPS) is 11.2. The van der Waals surface area contributed by atoms with Crippen molar-refractivity contribution in [2.45, 2.75) is 5.75 Å². The van der Waals surface area contributed by atoms with Crippen molar-refractivity contribution in [3.63, 3.8) is 0 Å². The number of benzene rings is 2. The number of hydrogen-bond acceptors (Lipinski definition) is 8. The minimum Gasteiger partial charge on any atom is -0.496 e. The molecule has 1 N–H and O–H groups in total. The standard InChI is InChI=1S/C21H25NO7S/c1-26-16-12-20(28-3)17(21(13-16)29-4)7-10-30(24,25)14-15-5-6-19(27-2)18(11-15)22-8-9-23/h5-7,9-13,22H,8,14H2,1-4H3/b10-7+. The van der Waals surface area contributed by atoms with Gasteiger partial charge in [0.2, 0.25) is 0 Å². The van der Waals surface area contributed by atoms with Crippen LogP contribution in [0.15, 0.2) is 35.7 Å². The molecular weight excluding hydrogens is 410 g/mol. The van der Waals surface area contributed by atoms with Gasteiger partial charge >= 0.3 is 0 Å². The average molecular weight is 435 g/mol. The number of hydrogen-bond donors (Lipinski definition) is 1. The van der Waals surface area contributed by atoms with Gasteiger partial charge in [-0.1, -0.05) is 6.07 Å². The molecule has 2 aromatic rings. The summed E-state index contributed by atoms with van der Waals surface area (Å²) < 4.78 is 46.4. The highest BCUT2D eigenvalue weighted by Crippen LogP contribution is 2.35. The van der Waals surface area contributed by atoms with E-state index in [4.69, 9.17) is 18.9 Å². The summed E-state index contributed by atoms with van der Waals surface area (Å²) in [7, 11) is 2.35. The van der Waals surface area contributed by atoms with Gasteiger partial charge in [-0.05, 0) is 23.8 Å². The van der Waals surface area contributed by atoms with E-state index >= 15 is 0 Å². The zero-order chi connectivity index (χ0) is 22.1. The second kappa shape index (κ2) is 10.5. The lowest BCUT2D eigenvalue weighted by atomic mass is 10.1. The van der Waals surface area contributed by atoms with E-state index in [0.29, 0.717) is 46.1 Å². The summed E-state index contributed by atoms with van der Waals surface area (Å²) in [5, 5.41) is 4.00. The molecule has 0 aliphatic carbocycles. The molecule has 0 bridgehead atoms. The summed E-state index contributed by atoms with van der Waals surface area (Å²) in [4.78, 5) is 10.6. The van der Waals surface area contributed by atoms with Gasteiger partial charge in [0.1, 0.15) is 29.3 Å². The Morgan fingerprint density at radius 2 is 1.53 bits per heavy atom. The predicted molar refractivity (Wildman–Crippen MR) is 115 cm³/mol. The smallest absolute Gasteiger partial charge is 0.175 e. The van der Waals surface area contributed by atoms with E-state index in [2.05, 4.69) is 5.32 Å². The third-order valence-electron chi connectivity index (χ3n) is 4.20. The molecule has 9 heteroatoms. The van der Waals surface area contributed by atoms with Gasteiger partial charge in [0.15, 0.2) is 9.84 Å². The molecule has 2 rings (SSSR count). The number of methoxy groups -OCH3 is 4. The summed E-state index contributed by atoms with van der Waals surface area (Å²) in [6, 6.07) is 8.23. The molecule has 0 amide bonds. The fourth-order valence-electron chi connectivity index (χ4n) is 2.78. The highest BCUT2D eigenvalue weighted by atomic mass is 32.2. The number of carbonyl (C=O) groups excluding carboxylic acids is 1. The lowest BCUT2D eigenvalue weighted by Gasteiger charge is -2.13. The summed E-state index contributed by atoms with van der Waals surface area (Å²) in [5.41, 5.74) is 1.56. The molecule has 0 fully saturated rings. The van der Waals surface area contributed by atoms with Crippen LogP contribution < -0.4 is 24.3 Å². The molecule has 0 atom stereocenters. The highest BCUT2D eigenvalue weighted by molar-refractivity contribution is 7.93. The van der Waals surface area contributed by atoms with Crippen LogP contribution in [0.3, 0.4) is 0 Å². The third kappa shape index (κ3) is 5.90. The number of rotatable bonds is 11. The number of nitrogens with one attached hydrogen (secondary N) is 1. The maximum absolute atomic E-state index is 12.7. The van der Waals surface area contributed by atoms with Crippen molar-refractivity contribution >= 4 is 27.9 Å². The number of sulfone groups is 1. The highest BCUT2D eigenvalue weighted by Gasteiger charge is 2.14. The van der Waals surface area contributed by atoms with E-state index in [1.165, 1.54) is 34.5 Å². The molecule has 0 aromatic heterocycles. The van der Waals surface area contributed by atoms with Crippen LogP contribution in [0.25, 0.3) is 6.08 Å². The first-order valence-corrected chi connectivity index (χ1v) is 10.6. The first-order valence-electron chi connectivity index (χ1n) is 8.92. The SMILES string of the molecule is COc1cc(OC)c(/C=C/S(=O)(=O)Cc2ccc(OC)c(NCC=O)c2)c(OC)c1. The van der Waals surface area contributed by atoms with E-state index in [0.717, 1.165) is 5.41 Å². The lowest BCUT2D eigenvalue weighted by Crippen LogP contribution is -2.06. The Balaban J connectivity index is 2.31. The first kappa shape index (κ1) is 23.1. The van der Waals surface area contributed by atoms with E-state index < -0.39 is 9.84 Å². The van der Waals surface area contributed by atoms with Gasteiger partial charge in [0.25, 0.3) is 0 Å². The number of carbonyl (C=O) groups is 1. The molecule has 0 saturated heterocycles. The Morgan fingerprint density at radius 3 is 2.07 bits per heavy atom. The topological polar surface area (TPSA) is 100 Å². The fourth-order valence-corrected chi connectivity index (χ4v) is 3.87. The molecule has 0 unspecified atom stereocenters. The first-order chi connectivity index (χ1) is 14.4. The molecule has 162 valence electrons. The predicted octanol–water partition coefficient (Wildman–Crippen LogP) is 2.92. The van der Waals surface area contributed by atoms with Gasteiger partial charge in [0.05, 0.1) is 52.0 Å². The van der Waals surface area contributed by atoms with Crippen molar-refractivity contribution in [2.75, 3.05) is 40.3 Å². The number of aldehydes is 1. The Morgan fingerprint density at radius 1 is 0.900 bits per heavy atom. The zero-order valence-corrected chi connectivity index (χ0v) is 18.1. The van der Waals surface area contributed by atoms with Crippen LogP contribution in [0.5, 0.6) is 23.0 Å². The minimum absolute atomic E-state index is 0.0868. The Hall–Kier alpha value is -3.20. The molecule has 0 radical (unpaired) electrons. The second-order valence-corrected chi connectivity index (χ2v) is 8.02. The quantitative estimate of drug-likeness (QED) is 0.538. The van der Waals surface area contributed by atoms with Crippen LogP contribution in [0.1, 0.15) is 11.1 Å². The fraction of sp³-hybridized carbons (Fsp3) is 0.286. The number of anilines is 1. The van der Waals surface area contributed by atoms with E-state index in [-0.39, 0.29) is 12.3 Å².